The van der Waals surface area contributed by atoms with Crippen LogP contribution in [0.15, 0.2) is 53.1 Å². The first kappa shape index (κ1) is 18.1. The molecule has 0 fully saturated rings. The van der Waals surface area contributed by atoms with Crippen LogP contribution in [0.1, 0.15) is 17.9 Å². The van der Waals surface area contributed by atoms with Crippen molar-refractivity contribution in [3.05, 3.63) is 70.8 Å². The zero-order valence-electron chi connectivity index (χ0n) is 14.2. The van der Waals surface area contributed by atoms with E-state index in [-0.39, 0.29) is 18.1 Å². The largest absolute Gasteiger partial charge is 0.341 e. The molecule has 26 heavy (non-hydrogen) atoms. The number of nitrogens with zero attached hydrogens (tertiary/aromatic N) is 3. The quantitative estimate of drug-likeness (QED) is 0.652. The molecule has 0 saturated heterocycles. The van der Waals surface area contributed by atoms with E-state index >= 15 is 0 Å². The van der Waals surface area contributed by atoms with Gasteiger partial charge in [0.1, 0.15) is 5.82 Å². The van der Waals surface area contributed by atoms with E-state index in [0.717, 1.165) is 11.1 Å². The Kier molecular flexibility index (Phi) is 5.63. The number of carbonyl (C=O) groups is 1. The Bertz CT molecular complexity index is 879. The number of benzene rings is 2. The van der Waals surface area contributed by atoms with Gasteiger partial charge in [0.2, 0.25) is 17.6 Å². The third-order valence-corrected chi connectivity index (χ3v) is 4.13. The van der Waals surface area contributed by atoms with Gasteiger partial charge in [0.25, 0.3) is 0 Å². The third kappa shape index (κ3) is 4.67. The maximum absolute atomic E-state index is 12.9. The Morgan fingerprint density at radius 2 is 1.85 bits per heavy atom. The van der Waals surface area contributed by atoms with E-state index in [0.29, 0.717) is 29.7 Å². The third-order valence-electron chi connectivity index (χ3n) is 3.88. The van der Waals surface area contributed by atoms with E-state index in [4.69, 9.17) is 16.1 Å². The van der Waals surface area contributed by atoms with Gasteiger partial charge in [-0.15, -0.1) is 0 Å². The second-order valence-corrected chi connectivity index (χ2v) is 6.33. The average molecular weight is 374 g/mol. The lowest BCUT2D eigenvalue weighted by molar-refractivity contribution is -0.130. The van der Waals surface area contributed by atoms with Crippen molar-refractivity contribution in [1.82, 2.24) is 15.0 Å². The van der Waals surface area contributed by atoms with Gasteiger partial charge in [0.15, 0.2) is 0 Å². The highest BCUT2D eigenvalue weighted by Crippen LogP contribution is 2.19. The first-order valence-electron chi connectivity index (χ1n) is 8.08. The Morgan fingerprint density at radius 1 is 1.15 bits per heavy atom. The molecule has 3 aromatic rings. The average Bonchev–Trinajstić information content (AvgIpc) is 3.11. The van der Waals surface area contributed by atoms with Gasteiger partial charge in [0, 0.05) is 37.0 Å². The molecule has 1 amide bonds. The lowest BCUT2D eigenvalue weighted by Gasteiger charge is -2.16. The van der Waals surface area contributed by atoms with Crippen LogP contribution in [0, 0.1) is 5.82 Å². The van der Waals surface area contributed by atoms with E-state index in [9.17, 15) is 9.18 Å². The summed E-state index contributed by atoms with van der Waals surface area (Å²) < 4.78 is 18.1. The molecule has 2 aromatic carbocycles. The van der Waals surface area contributed by atoms with Gasteiger partial charge >= 0.3 is 0 Å². The molecule has 134 valence electrons. The summed E-state index contributed by atoms with van der Waals surface area (Å²) in [6, 6.07) is 13.2. The lowest BCUT2D eigenvalue weighted by Crippen LogP contribution is -2.26. The van der Waals surface area contributed by atoms with Gasteiger partial charge < -0.3 is 9.42 Å². The Hall–Kier alpha value is -2.73. The predicted molar refractivity (Wildman–Crippen MR) is 95.9 cm³/mol. The minimum absolute atomic E-state index is 0.0550. The summed E-state index contributed by atoms with van der Waals surface area (Å²) in [5, 5.41) is 4.56. The maximum Gasteiger partial charge on any atom is 0.227 e. The Labute approximate surface area is 155 Å². The zero-order valence-corrected chi connectivity index (χ0v) is 14.9. The van der Waals surface area contributed by atoms with Crippen LogP contribution in [0.4, 0.5) is 4.39 Å². The number of hydrogen-bond donors (Lipinski definition) is 0. The van der Waals surface area contributed by atoms with Crippen LogP contribution >= 0.6 is 11.6 Å². The van der Waals surface area contributed by atoms with Crippen molar-refractivity contribution in [2.45, 2.75) is 19.4 Å². The molecule has 0 aliphatic rings. The van der Waals surface area contributed by atoms with Crippen molar-refractivity contribution in [2.24, 2.45) is 0 Å². The monoisotopic (exact) mass is 373 g/mol. The molecule has 0 N–H and O–H groups in total. The van der Waals surface area contributed by atoms with Crippen LogP contribution in [0.2, 0.25) is 5.02 Å². The molecule has 0 aliphatic carbocycles. The first-order valence-corrected chi connectivity index (χ1v) is 8.46. The second kappa shape index (κ2) is 8.10. The SMILES string of the molecule is CN(Cc1ccc(F)cc1)C(=O)CCc1nc(-c2ccc(Cl)cc2)no1. The fourth-order valence-corrected chi connectivity index (χ4v) is 2.56. The zero-order chi connectivity index (χ0) is 18.5. The fourth-order valence-electron chi connectivity index (χ4n) is 2.43. The minimum Gasteiger partial charge on any atom is -0.341 e. The van der Waals surface area contributed by atoms with Crippen molar-refractivity contribution in [3.63, 3.8) is 0 Å². The van der Waals surface area contributed by atoms with E-state index in [1.165, 1.54) is 12.1 Å². The second-order valence-electron chi connectivity index (χ2n) is 5.89. The fraction of sp³-hybridized carbons (Fsp3) is 0.211. The Balaban J connectivity index is 1.54. The van der Waals surface area contributed by atoms with Crippen LogP contribution < -0.4 is 0 Å². The van der Waals surface area contributed by atoms with Crippen molar-refractivity contribution < 1.29 is 13.7 Å². The smallest absolute Gasteiger partial charge is 0.227 e. The highest BCUT2D eigenvalue weighted by atomic mass is 35.5. The summed E-state index contributed by atoms with van der Waals surface area (Å²) in [5.74, 6) is 0.512. The number of aryl methyl sites for hydroxylation is 1. The summed E-state index contributed by atoms with van der Waals surface area (Å²) in [5.41, 5.74) is 1.66. The summed E-state index contributed by atoms with van der Waals surface area (Å²) in [7, 11) is 1.71. The number of rotatable bonds is 6. The van der Waals surface area contributed by atoms with E-state index in [1.54, 1.807) is 48.3 Å². The Morgan fingerprint density at radius 3 is 2.54 bits per heavy atom. The lowest BCUT2D eigenvalue weighted by atomic mass is 10.2. The summed E-state index contributed by atoms with van der Waals surface area (Å²) in [4.78, 5) is 18.1. The molecule has 0 spiro atoms. The number of halogens is 2. The maximum atomic E-state index is 12.9. The van der Waals surface area contributed by atoms with Gasteiger partial charge in [-0.25, -0.2) is 4.39 Å². The van der Waals surface area contributed by atoms with Crippen molar-refractivity contribution in [1.29, 1.82) is 0 Å². The number of amides is 1. The van der Waals surface area contributed by atoms with Crippen LogP contribution in [0.5, 0.6) is 0 Å². The van der Waals surface area contributed by atoms with Crippen LogP contribution in [-0.4, -0.2) is 28.0 Å². The van der Waals surface area contributed by atoms with Crippen molar-refractivity contribution in [3.8, 4) is 11.4 Å². The van der Waals surface area contributed by atoms with Gasteiger partial charge in [-0.1, -0.05) is 28.9 Å². The van der Waals surface area contributed by atoms with Gasteiger partial charge in [0.05, 0.1) is 0 Å². The first-order chi connectivity index (χ1) is 12.5. The molecule has 0 atom stereocenters. The molecule has 0 unspecified atom stereocenters. The minimum atomic E-state index is -0.296. The van der Waals surface area contributed by atoms with Crippen LogP contribution in [0.25, 0.3) is 11.4 Å². The standard InChI is InChI=1S/C19H17ClFN3O2/c1-24(12-13-2-8-16(21)9-3-13)18(25)11-10-17-22-19(23-26-17)14-4-6-15(20)7-5-14/h2-9H,10-12H2,1H3. The predicted octanol–water partition coefficient (Wildman–Crippen LogP) is 4.12. The van der Waals surface area contributed by atoms with Gasteiger partial charge in [-0.2, -0.15) is 4.98 Å². The summed E-state index contributed by atoms with van der Waals surface area (Å²) in [6.07, 6.45) is 0.604. The molecular weight excluding hydrogens is 357 g/mol. The van der Waals surface area contributed by atoms with E-state index in [2.05, 4.69) is 10.1 Å². The number of aromatic nitrogens is 2. The van der Waals surface area contributed by atoms with Crippen LogP contribution in [0.3, 0.4) is 0 Å². The molecule has 0 bridgehead atoms. The summed E-state index contributed by atoms with van der Waals surface area (Å²) >= 11 is 5.86. The highest BCUT2D eigenvalue weighted by Gasteiger charge is 2.13. The van der Waals surface area contributed by atoms with Crippen LogP contribution in [-0.2, 0) is 17.8 Å². The topological polar surface area (TPSA) is 59.2 Å². The molecule has 1 heterocycles. The highest BCUT2D eigenvalue weighted by molar-refractivity contribution is 6.30. The van der Waals surface area contributed by atoms with E-state index in [1.807, 2.05) is 0 Å². The van der Waals surface area contributed by atoms with Crippen molar-refractivity contribution >= 4 is 17.5 Å². The molecule has 0 saturated carbocycles. The van der Waals surface area contributed by atoms with Gasteiger partial charge in [-0.3, -0.25) is 4.79 Å². The molecule has 1 aromatic heterocycles. The molecular formula is C19H17ClFN3O2. The summed E-state index contributed by atoms with van der Waals surface area (Å²) in [6.45, 7) is 0.416. The molecule has 0 aliphatic heterocycles. The number of hydrogen-bond acceptors (Lipinski definition) is 4. The molecule has 0 radical (unpaired) electrons. The molecule has 3 rings (SSSR count). The molecule has 5 nitrogen and oxygen atoms in total. The van der Waals surface area contributed by atoms with E-state index < -0.39 is 0 Å². The normalized spacial score (nSPS) is 10.7. The number of carbonyl (C=O) groups excluding carboxylic acids is 1. The van der Waals surface area contributed by atoms with Crippen molar-refractivity contribution in [2.75, 3.05) is 7.05 Å². The molecule has 7 heteroatoms. The van der Waals surface area contributed by atoms with Gasteiger partial charge in [-0.05, 0) is 42.0 Å².